The molecule has 2 aromatic carbocycles. The van der Waals surface area contributed by atoms with Gasteiger partial charge in [-0.3, -0.25) is 19.2 Å². The van der Waals surface area contributed by atoms with Crippen LogP contribution in [-0.4, -0.2) is 120 Å². The highest BCUT2D eigenvalue weighted by Gasteiger charge is 2.20. The second kappa shape index (κ2) is 44.6. The molecule has 2 rings (SSSR count). The Bertz CT molecular complexity index is 1650. The van der Waals surface area contributed by atoms with Gasteiger partial charge in [-0.2, -0.15) is 0 Å². The Morgan fingerprint density at radius 2 is 0.737 bits per heavy atom. The number of hydrogen-bond donors (Lipinski definition) is 12. The number of unbranched alkanes of at least 4 members (excludes halogenated alkanes) is 18. The van der Waals surface area contributed by atoms with Gasteiger partial charge in [-0.1, -0.05) is 167 Å². The van der Waals surface area contributed by atoms with Gasteiger partial charge in [-0.15, -0.1) is 0 Å². The molecule has 0 bridgehead atoms. The first-order chi connectivity index (χ1) is 36.8. The van der Waals surface area contributed by atoms with Gasteiger partial charge in [0.15, 0.2) is 0 Å². The molecule has 0 spiro atoms. The first kappa shape index (κ1) is 67.8. The Morgan fingerprint density at radius 3 is 1.07 bits per heavy atom. The number of nitrogens with two attached hydrogens (primary N) is 2. The molecular weight excluding hydrogens is 961 g/mol. The highest BCUT2D eigenvalue weighted by atomic mass is 16.4. The van der Waals surface area contributed by atoms with Crippen LogP contribution in [0.4, 0.5) is 11.4 Å². The van der Waals surface area contributed by atoms with E-state index in [9.17, 15) is 29.4 Å². The van der Waals surface area contributed by atoms with Crippen LogP contribution in [0.3, 0.4) is 0 Å². The topological polar surface area (TPSA) is 273 Å². The van der Waals surface area contributed by atoms with Crippen LogP contribution >= 0.6 is 0 Å². The monoisotopic (exact) mass is 1070 g/mol. The number of carbonyl (C=O) groups excluding carboxylic acids is 2. The van der Waals surface area contributed by atoms with E-state index in [-0.39, 0.29) is 36.1 Å². The molecule has 2 amide bonds. The number of benzene rings is 2. The second-order valence-electron chi connectivity index (χ2n) is 21.2. The Balaban J connectivity index is 1.41. The van der Waals surface area contributed by atoms with Crippen molar-refractivity contribution in [1.82, 2.24) is 21.3 Å². The molecule has 2 aromatic rings. The molecule has 14 N–H and O–H groups in total. The Labute approximate surface area is 458 Å². The smallest absolute Gasteiger partial charge is 0.320 e. The summed E-state index contributed by atoms with van der Waals surface area (Å²) < 4.78 is 0. The van der Waals surface area contributed by atoms with Gasteiger partial charge >= 0.3 is 11.9 Å². The first-order valence-electron chi connectivity index (χ1n) is 29.8. The summed E-state index contributed by atoms with van der Waals surface area (Å²) in [6, 6.07) is 13.7. The molecule has 0 aliphatic heterocycles. The fraction of sp³-hybridized carbons (Fsp3) is 0.733. The molecule has 0 aliphatic rings. The molecule has 0 saturated carbocycles. The molecule has 16 nitrogen and oxygen atoms in total. The average molecular weight is 1070 g/mol. The molecule has 0 saturated heterocycles. The zero-order valence-electron chi connectivity index (χ0n) is 47.1. The predicted molar refractivity (Wildman–Crippen MR) is 311 cm³/mol. The molecule has 16 heteroatoms. The summed E-state index contributed by atoms with van der Waals surface area (Å²) in [6.07, 6.45) is 28.5. The van der Waals surface area contributed by atoms with Crippen LogP contribution in [0.5, 0.6) is 0 Å². The van der Waals surface area contributed by atoms with E-state index in [2.05, 4.69) is 45.7 Å². The van der Waals surface area contributed by atoms with Gasteiger partial charge in [-0.25, -0.2) is 0 Å². The van der Waals surface area contributed by atoms with Crippen LogP contribution in [-0.2, 0) is 32.0 Å². The number of rotatable bonds is 51. The van der Waals surface area contributed by atoms with Crippen LogP contribution in [0.1, 0.15) is 205 Å². The molecule has 0 aromatic heterocycles. The van der Waals surface area contributed by atoms with E-state index in [1.165, 1.54) is 12.8 Å². The van der Waals surface area contributed by atoms with E-state index in [1.807, 2.05) is 48.5 Å². The molecule has 434 valence electrons. The van der Waals surface area contributed by atoms with E-state index < -0.39 is 24.0 Å². The summed E-state index contributed by atoms with van der Waals surface area (Å²) in [5.74, 6) is -1.91. The minimum Gasteiger partial charge on any atom is -0.480 e. The number of aliphatic hydroxyl groups is 2. The summed E-state index contributed by atoms with van der Waals surface area (Å²) in [6.45, 7) is 8.20. The lowest BCUT2D eigenvalue weighted by molar-refractivity contribution is -0.139. The van der Waals surface area contributed by atoms with Crippen molar-refractivity contribution < 1.29 is 39.6 Å². The molecule has 0 heterocycles. The normalized spacial score (nSPS) is 13.8. The van der Waals surface area contributed by atoms with Crippen molar-refractivity contribution >= 4 is 35.1 Å². The Kier molecular flexibility index (Phi) is 39.8. The van der Waals surface area contributed by atoms with Crippen LogP contribution in [0.25, 0.3) is 0 Å². The molecule has 6 atom stereocenters. The summed E-state index contributed by atoms with van der Waals surface area (Å²) in [7, 11) is 0. The largest absolute Gasteiger partial charge is 0.480 e. The predicted octanol–water partition coefficient (Wildman–Crippen LogP) is 8.95. The lowest BCUT2D eigenvalue weighted by atomic mass is 9.98. The van der Waals surface area contributed by atoms with Crippen molar-refractivity contribution in [1.29, 1.82) is 0 Å². The quantitative estimate of drug-likeness (QED) is 0.0276. The van der Waals surface area contributed by atoms with Gasteiger partial charge in [0.25, 0.3) is 0 Å². The third kappa shape index (κ3) is 35.2. The van der Waals surface area contributed by atoms with Crippen LogP contribution < -0.4 is 43.4 Å². The van der Waals surface area contributed by atoms with Gasteiger partial charge in [-0.05, 0) is 86.8 Å². The highest BCUT2D eigenvalue weighted by Crippen LogP contribution is 2.18. The van der Waals surface area contributed by atoms with E-state index in [1.54, 1.807) is 0 Å². The third-order valence-electron chi connectivity index (χ3n) is 14.4. The van der Waals surface area contributed by atoms with Gasteiger partial charge in [0, 0.05) is 75.6 Å². The summed E-state index contributed by atoms with van der Waals surface area (Å²) in [5, 5.41) is 60.1. The first-order valence-corrected chi connectivity index (χ1v) is 29.8. The second-order valence-corrected chi connectivity index (χ2v) is 21.2. The summed E-state index contributed by atoms with van der Waals surface area (Å²) in [4.78, 5) is 46.7. The minimum absolute atomic E-state index is 0.0444. The number of hydrogen-bond acceptors (Lipinski definition) is 12. The molecular formula is C60H106N8O8. The van der Waals surface area contributed by atoms with Gasteiger partial charge < -0.3 is 63.8 Å². The van der Waals surface area contributed by atoms with E-state index >= 15 is 0 Å². The number of amides is 2. The maximum Gasteiger partial charge on any atom is 0.320 e. The van der Waals surface area contributed by atoms with Crippen molar-refractivity contribution in [3.8, 4) is 0 Å². The number of anilines is 2. The fourth-order valence-corrected chi connectivity index (χ4v) is 9.60. The Hall–Kier alpha value is -4.32. The highest BCUT2D eigenvalue weighted by molar-refractivity contribution is 5.77. The SMILES string of the molecule is CCCCCC(NCCNc1ccc(CC(N)C(=O)O)cc1)C(O)CCCCCCCCCCC(=O)NCCNC(=O)CCCCCCCCCCC(O)C(CCCCC)NCCNc1ccc(CC(N)C(=O)O)cc1. The molecule has 0 radical (unpaired) electrons. The van der Waals surface area contributed by atoms with E-state index in [0.717, 1.165) is 203 Å². The number of aliphatic hydroxyl groups excluding tert-OH is 2. The van der Waals surface area contributed by atoms with Crippen LogP contribution in [0.15, 0.2) is 48.5 Å². The standard InChI is InChI=1S/C60H106N8O8/c1-3-5-19-25-53(65-41-39-63-49-35-31-47(32-36-49)45-51(61)59(73)74)55(69)27-21-15-11-7-9-13-17-23-29-57(71)67-43-44-68-58(72)30-24-18-14-10-8-12-16-22-28-56(70)54(26-20-6-4-2)66-42-40-64-50-37-33-48(34-38-50)46-52(62)60(75)76/h31-38,51-56,63-66,69-70H,3-30,39-46,61-62H2,1-2H3,(H,67,71)(H,68,72)(H,73,74)(H,75,76). The van der Waals surface area contributed by atoms with Crippen LogP contribution in [0, 0.1) is 0 Å². The third-order valence-corrected chi connectivity index (χ3v) is 14.4. The summed E-state index contributed by atoms with van der Waals surface area (Å²) in [5.41, 5.74) is 15.0. The molecule has 76 heavy (non-hydrogen) atoms. The van der Waals surface area contributed by atoms with Crippen molar-refractivity contribution in [2.75, 3.05) is 49.9 Å². The van der Waals surface area contributed by atoms with Crippen LogP contribution in [0.2, 0.25) is 0 Å². The van der Waals surface area contributed by atoms with Crippen molar-refractivity contribution in [3.05, 3.63) is 59.7 Å². The lowest BCUT2D eigenvalue weighted by Gasteiger charge is -2.25. The van der Waals surface area contributed by atoms with Gasteiger partial charge in [0.1, 0.15) is 12.1 Å². The maximum absolute atomic E-state index is 12.3. The summed E-state index contributed by atoms with van der Waals surface area (Å²) >= 11 is 0. The van der Waals surface area contributed by atoms with Crippen molar-refractivity contribution in [2.45, 2.75) is 243 Å². The van der Waals surface area contributed by atoms with Gasteiger partial charge in [0.05, 0.1) is 12.2 Å². The molecule has 6 unspecified atom stereocenters. The number of carboxylic acids is 2. The number of carboxylic acid groups (broad SMARTS) is 2. The molecule has 0 aliphatic carbocycles. The van der Waals surface area contributed by atoms with Gasteiger partial charge in [0.2, 0.25) is 11.8 Å². The van der Waals surface area contributed by atoms with E-state index in [0.29, 0.717) is 38.8 Å². The number of aliphatic carboxylic acids is 2. The Morgan fingerprint density at radius 1 is 0.421 bits per heavy atom. The lowest BCUT2D eigenvalue weighted by Crippen LogP contribution is -2.42. The van der Waals surface area contributed by atoms with E-state index in [4.69, 9.17) is 21.7 Å². The minimum atomic E-state index is -1.00. The zero-order valence-corrected chi connectivity index (χ0v) is 47.1. The fourth-order valence-electron chi connectivity index (χ4n) is 9.60. The maximum atomic E-state index is 12.3. The molecule has 0 fully saturated rings. The van der Waals surface area contributed by atoms with Crippen molar-refractivity contribution in [3.63, 3.8) is 0 Å². The number of carbonyl (C=O) groups is 4. The zero-order chi connectivity index (χ0) is 55.4. The van der Waals surface area contributed by atoms with Crippen molar-refractivity contribution in [2.24, 2.45) is 11.5 Å². The number of nitrogens with one attached hydrogen (secondary N) is 6. The average Bonchev–Trinajstić information content (AvgIpc) is 3.40.